The highest BCUT2D eigenvalue weighted by atomic mass is 79.9. The Morgan fingerprint density at radius 1 is 1.50 bits per heavy atom. The maximum atomic E-state index is 12.1. The van der Waals surface area contributed by atoms with Crippen molar-refractivity contribution < 1.29 is 9.53 Å². The van der Waals surface area contributed by atoms with Crippen LogP contribution in [0.2, 0.25) is 0 Å². The van der Waals surface area contributed by atoms with E-state index in [-0.39, 0.29) is 11.5 Å². The maximum absolute atomic E-state index is 12.1. The number of ether oxygens (including phenoxy) is 1. The summed E-state index contributed by atoms with van der Waals surface area (Å²) in [6.45, 7) is 8.00. The number of amides is 1. The molecule has 0 bridgehead atoms. The summed E-state index contributed by atoms with van der Waals surface area (Å²) in [5.74, 6) is 1.18. The van der Waals surface area contributed by atoms with Crippen molar-refractivity contribution in [2.45, 2.75) is 32.8 Å². The average molecular weight is 369 g/mol. The molecule has 0 spiro atoms. The van der Waals surface area contributed by atoms with Gasteiger partial charge in [0.15, 0.2) is 0 Å². The predicted octanol–water partition coefficient (Wildman–Crippen LogP) is 2.91. The van der Waals surface area contributed by atoms with Gasteiger partial charge in [-0.25, -0.2) is 14.8 Å². The number of likely N-dealkylation sites (tertiary alicyclic amines) is 1. The molecule has 2 unspecified atom stereocenters. The molecule has 22 heavy (non-hydrogen) atoms. The molecule has 2 atom stereocenters. The van der Waals surface area contributed by atoms with Gasteiger partial charge >= 0.3 is 6.09 Å². The van der Waals surface area contributed by atoms with Gasteiger partial charge in [-0.3, -0.25) is 0 Å². The van der Waals surface area contributed by atoms with Crippen LogP contribution in [-0.4, -0.2) is 46.2 Å². The summed E-state index contributed by atoms with van der Waals surface area (Å²) in [5, 5.41) is 3.28. The zero-order valence-corrected chi connectivity index (χ0v) is 14.7. The van der Waals surface area contributed by atoms with Gasteiger partial charge < -0.3 is 15.0 Å². The van der Waals surface area contributed by atoms with Crippen LogP contribution >= 0.6 is 15.9 Å². The van der Waals surface area contributed by atoms with Crippen molar-refractivity contribution in [1.82, 2.24) is 14.9 Å². The molecule has 1 aromatic rings. The first-order valence-corrected chi connectivity index (χ1v) is 8.26. The van der Waals surface area contributed by atoms with Crippen LogP contribution in [0.25, 0.3) is 0 Å². The summed E-state index contributed by atoms with van der Waals surface area (Å²) in [6, 6.07) is 0. The number of nitrogens with one attached hydrogen (secondary N) is 1. The van der Waals surface area contributed by atoms with E-state index in [9.17, 15) is 4.79 Å². The number of halogens is 1. The molecular weight excluding hydrogens is 348 g/mol. The summed E-state index contributed by atoms with van der Waals surface area (Å²) in [4.78, 5) is 22.4. The summed E-state index contributed by atoms with van der Waals surface area (Å²) in [5.41, 5.74) is -0.284. The Morgan fingerprint density at radius 3 is 2.82 bits per heavy atom. The molecule has 1 aliphatic heterocycles. The van der Waals surface area contributed by atoms with Crippen molar-refractivity contribution in [3.63, 3.8) is 0 Å². The number of nitrogens with zero attached hydrogens (tertiary/aromatic N) is 3. The fourth-order valence-electron chi connectivity index (χ4n) is 2.99. The smallest absolute Gasteiger partial charge is 0.410 e. The Kier molecular flexibility index (Phi) is 3.79. The zero-order chi connectivity index (χ0) is 16.0. The predicted molar refractivity (Wildman–Crippen MR) is 86.6 cm³/mol. The molecule has 1 aromatic heterocycles. The van der Waals surface area contributed by atoms with Gasteiger partial charge in [-0.2, -0.15) is 0 Å². The van der Waals surface area contributed by atoms with Crippen LogP contribution in [0.1, 0.15) is 27.2 Å². The number of carbonyl (C=O) groups excluding carboxylic acids is 1. The molecule has 1 N–H and O–H groups in total. The van der Waals surface area contributed by atoms with Gasteiger partial charge in [0.05, 0.1) is 4.47 Å². The van der Waals surface area contributed by atoms with Crippen LogP contribution in [0.5, 0.6) is 0 Å². The molecule has 1 amide bonds. The lowest BCUT2D eigenvalue weighted by molar-refractivity contribution is 0.0263. The highest BCUT2D eigenvalue weighted by Crippen LogP contribution is 2.57. The first-order chi connectivity index (χ1) is 10.3. The summed E-state index contributed by atoms with van der Waals surface area (Å²) in [7, 11) is 0. The molecule has 6 nitrogen and oxygen atoms in total. The molecular formula is C15H21BrN4O2. The van der Waals surface area contributed by atoms with E-state index < -0.39 is 5.60 Å². The number of hydrogen-bond donors (Lipinski definition) is 1. The minimum absolute atomic E-state index is 0.160. The maximum Gasteiger partial charge on any atom is 0.410 e. The van der Waals surface area contributed by atoms with E-state index in [2.05, 4.69) is 31.2 Å². The van der Waals surface area contributed by atoms with Gasteiger partial charge in [-0.05, 0) is 49.0 Å². The third-order valence-corrected chi connectivity index (χ3v) is 4.59. The van der Waals surface area contributed by atoms with Crippen LogP contribution in [-0.2, 0) is 4.74 Å². The topological polar surface area (TPSA) is 67.3 Å². The van der Waals surface area contributed by atoms with Crippen molar-refractivity contribution in [1.29, 1.82) is 0 Å². The number of anilines is 1. The Bertz CT molecular complexity index is 572. The largest absolute Gasteiger partial charge is 0.444 e. The number of piperidine rings is 1. The van der Waals surface area contributed by atoms with Gasteiger partial charge in [-0.1, -0.05) is 0 Å². The van der Waals surface area contributed by atoms with Crippen molar-refractivity contribution in [3.05, 3.63) is 16.9 Å². The summed E-state index contributed by atoms with van der Waals surface area (Å²) in [6.07, 6.45) is 4.38. The second kappa shape index (κ2) is 5.37. The van der Waals surface area contributed by atoms with Crippen molar-refractivity contribution in [2.24, 2.45) is 11.3 Å². The molecule has 2 aliphatic rings. The number of carbonyl (C=O) groups is 1. The summed E-state index contributed by atoms with van der Waals surface area (Å²) >= 11 is 3.32. The zero-order valence-electron chi connectivity index (χ0n) is 13.1. The van der Waals surface area contributed by atoms with Crippen molar-refractivity contribution in [2.75, 3.05) is 25.0 Å². The van der Waals surface area contributed by atoms with Gasteiger partial charge in [0.25, 0.3) is 0 Å². The van der Waals surface area contributed by atoms with E-state index in [1.165, 1.54) is 0 Å². The summed E-state index contributed by atoms with van der Waals surface area (Å²) < 4.78 is 6.31. The van der Waals surface area contributed by atoms with Crippen LogP contribution in [0, 0.1) is 11.3 Å². The van der Waals surface area contributed by atoms with Crippen LogP contribution < -0.4 is 5.32 Å². The molecule has 1 aliphatic carbocycles. The average Bonchev–Trinajstić information content (AvgIpc) is 2.97. The third kappa shape index (κ3) is 3.34. The Morgan fingerprint density at radius 2 is 2.18 bits per heavy atom. The van der Waals surface area contributed by atoms with Gasteiger partial charge in [0.1, 0.15) is 5.60 Å². The third-order valence-electron chi connectivity index (χ3n) is 4.18. The van der Waals surface area contributed by atoms with E-state index in [4.69, 9.17) is 4.74 Å². The molecule has 0 aromatic carbocycles. The van der Waals surface area contributed by atoms with Crippen molar-refractivity contribution in [3.8, 4) is 0 Å². The van der Waals surface area contributed by atoms with E-state index in [0.717, 1.165) is 30.5 Å². The monoisotopic (exact) mass is 368 g/mol. The molecule has 3 rings (SSSR count). The fraction of sp³-hybridized carbons (Fsp3) is 0.667. The first-order valence-electron chi connectivity index (χ1n) is 7.47. The molecule has 7 heteroatoms. The number of hydrogen-bond acceptors (Lipinski definition) is 5. The van der Waals surface area contributed by atoms with Gasteiger partial charge in [0, 0.05) is 37.4 Å². The molecule has 2 fully saturated rings. The quantitative estimate of drug-likeness (QED) is 0.888. The minimum Gasteiger partial charge on any atom is -0.444 e. The molecule has 1 saturated heterocycles. The van der Waals surface area contributed by atoms with Gasteiger partial charge in [-0.15, -0.1) is 0 Å². The van der Waals surface area contributed by atoms with E-state index in [1.807, 2.05) is 25.7 Å². The lowest BCUT2D eigenvalue weighted by atomic mass is 10.1. The first kappa shape index (κ1) is 15.5. The number of aromatic nitrogens is 2. The van der Waals surface area contributed by atoms with Crippen LogP contribution in [0.3, 0.4) is 0 Å². The SMILES string of the molecule is CC(C)(C)OC(=O)N1CC2CC2(CNc2ncc(Br)cn2)C1. The minimum atomic E-state index is -0.444. The molecule has 0 radical (unpaired) electrons. The molecule has 1 saturated carbocycles. The Hall–Kier alpha value is -1.37. The van der Waals surface area contributed by atoms with Crippen LogP contribution in [0.15, 0.2) is 16.9 Å². The number of rotatable bonds is 3. The van der Waals surface area contributed by atoms with Gasteiger partial charge in [0.2, 0.25) is 5.95 Å². The molecule has 120 valence electrons. The van der Waals surface area contributed by atoms with E-state index >= 15 is 0 Å². The van der Waals surface area contributed by atoms with Crippen LogP contribution in [0.4, 0.5) is 10.7 Å². The second-order valence-electron chi connectivity index (χ2n) is 7.20. The van der Waals surface area contributed by atoms with E-state index in [1.54, 1.807) is 12.4 Å². The Labute approximate surface area is 138 Å². The standard InChI is InChI=1S/C15H21BrN4O2/c1-14(2,3)22-13(21)20-7-10-4-15(10,9-20)8-19-12-17-5-11(16)6-18-12/h5-6,10H,4,7-9H2,1-3H3,(H,17,18,19). The van der Waals surface area contributed by atoms with E-state index in [0.29, 0.717) is 11.9 Å². The number of fused-ring (bicyclic) bond motifs is 1. The normalized spacial score (nSPS) is 26.5. The lowest BCUT2D eigenvalue weighted by Gasteiger charge is -2.26. The molecule has 2 heterocycles. The van der Waals surface area contributed by atoms with Crippen molar-refractivity contribution >= 4 is 28.0 Å². The lowest BCUT2D eigenvalue weighted by Crippen LogP contribution is -2.38. The fourth-order valence-corrected chi connectivity index (χ4v) is 3.20. The highest BCUT2D eigenvalue weighted by Gasteiger charge is 2.61. The highest BCUT2D eigenvalue weighted by molar-refractivity contribution is 9.10. The Balaban J connectivity index is 1.54. The second-order valence-corrected chi connectivity index (χ2v) is 8.12.